The molecule has 20 heavy (non-hydrogen) atoms. The van der Waals surface area contributed by atoms with E-state index >= 15 is 0 Å². The molecule has 4 N–H and O–H groups in total. The van der Waals surface area contributed by atoms with Gasteiger partial charge in [0, 0.05) is 18.0 Å². The van der Waals surface area contributed by atoms with Crippen molar-refractivity contribution >= 4 is 21.8 Å². The lowest BCUT2D eigenvalue weighted by Gasteiger charge is -2.20. The van der Waals surface area contributed by atoms with Crippen LogP contribution in [0, 0.1) is 5.92 Å². The third-order valence-electron chi connectivity index (χ3n) is 3.11. The van der Waals surface area contributed by atoms with Crippen LogP contribution in [-0.2, 0) is 4.79 Å². The van der Waals surface area contributed by atoms with Crippen molar-refractivity contribution in [3.63, 3.8) is 0 Å². The van der Waals surface area contributed by atoms with Gasteiger partial charge in [0.15, 0.2) is 0 Å². The Morgan fingerprint density at radius 1 is 1.30 bits per heavy atom. The van der Waals surface area contributed by atoms with Gasteiger partial charge >= 0.3 is 0 Å². The molecule has 1 aromatic carbocycles. The van der Waals surface area contributed by atoms with Gasteiger partial charge in [-0.05, 0) is 40.4 Å². The van der Waals surface area contributed by atoms with Crippen molar-refractivity contribution in [3.8, 4) is 11.5 Å². The van der Waals surface area contributed by atoms with E-state index in [0.29, 0.717) is 24.3 Å². The maximum atomic E-state index is 10.9. The number of carbonyl (C=O) groups is 1. The molecule has 112 valence electrons. The first kappa shape index (κ1) is 16.8. The first-order valence-corrected chi connectivity index (χ1v) is 7.13. The van der Waals surface area contributed by atoms with Gasteiger partial charge in [0.05, 0.1) is 18.7 Å². The van der Waals surface area contributed by atoms with Crippen LogP contribution in [-0.4, -0.2) is 20.1 Å². The highest BCUT2D eigenvalue weighted by atomic mass is 79.9. The standard InChI is InChI=1S/C14H21BrN2O3/c1-8(5-14(17)18)4-11(16)9-6-13(20-3)10(15)7-12(9)19-2/h6-8,11H,4-5,16H2,1-3H3,(H2,17,18). The molecule has 2 atom stereocenters. The van der Waals surface area contributed by atoms with Gasteiger partial charge in [-0.25, -0.2) is 0 Å². The SMILES string of the molecule is COc1cc(C(N)CC(C)CC(N)=O)c(OC)cc1Br. The molecule has 0 spiro atoms. The fourth-order valence-electron chi connectivity index (χ4n) is 2.16. The molecule has 1 amide bonds. The normalized spacial score (nSPS) is 13.7. The molecule has 5 nitrogen and oxygen atoms in total. The molecular weight excluding hydrogens is 324 g/mol. The molecular formula is C14H21BrN2O3. The van der Waals surface area contributed by atoms with Crippen LogP contribution >= 0.6 is 15.9 Å². The van der Waals surface area contributed by atoms with Crippen LogP contribution in [0.4, 0.5) is 0 Å². The van der Waals surface area contributed by atoms with Gasteiger partial charge in [0.25, 0.3) is 0 Å². The van der Waals surface area contributed by atoms with Gasteiger partial charge in [-0.2, -0.15) is 0 Å². The fourth-order valence-corrected chi connectivity index (χ4v) is 2.65. The van der Waals surface area contributed by atoms with Crippen molar-refractivity contribution in [2.45, 2.75) is 25.8 Å². The van der Waals surface area contributed by atoms with Crippen LogP contribution in [0.3, 0.4) is 0 Å². The highest BCUT2D eigenvalue weighted by molar-refractivity contribution is 9.10. The topological polar surface area (TPSA) is 87.6 Å². The van der Waals surface area contributed by atoms with Crippen LogP contribution in [0.2, 0.25) is 0 Å². The van der Waals surface area contributed by atoms with Crippen LogP contribution < -0.4 is 20.9 Å². The molecule has 0 aromatic heterocycles. The summed E-state index contributed by atoms with van der Waals surface area (Å²) in [5.74, 6) is 1.18. The number of primary amides is 1. The minimum atomic E-state index is -0.315. The molecule has 0 heterocycles. The van der Waals surface area contributed by atoms with Gasteiger partial charge in [-0.3, -0.25) is 4.79 Å². The number of methoxy groups -OCH3 is 2. The molecule has 0 aliphatic heterocycles. The number of hydrogen-bond donors (Lipinski definition) is 2. The van der Waals surface area contributed by atoms with Crippen molar-refractivity contribution in [2.75, 3.05) is 14.2 Å². The summed E-state index contributed by atoms with van der Waals surface area (Å²) >= 11 is 3.41. The predicted octanol–water partition coefficient (Wildman–Crippen LogP) is 2.37. The highest BCUT2D eigenvalue weighted by Gasteiger charge is 2.19. The first-order valence-electron chi connectivity index (χ1n) is 6.34. The largest absolute Gasteiger partial charge is 0.496 e. The highest BCUT2D eigenvalue weighted by Crippen LogP contribution is 2.37. The first-order chi connectivity index (χ1) is 9.38. The van der Waals surface area contributed by atoms with Crippen molar-refractivity contribution in [2.24, 2.45) is 17.4 Å². The Balaban J connectivity index is 2.96. The van der Waals surface area contributed by atoms with E-state index in [-0.39, 0.29) is 17.9 Å². The monoisotopic (exact) mass is 344 g/mol. The van der Waals surface area contributed by atoms with Crippen molar-refractivity contribution in [1.82, 2.24) is 0 Å². The van der Waals surface area contributed by atoms with Crippen LogP contribution in [0.25, 0.3) is 0 Å². The number of benzene rings is 1. The van der Waals surface area contributed by atoms with Gasteiger partial charge in [-0.1, -0.05) is 6.92 Å². The molecule has 0 aliphatic rings. The number of rotatable bonds is 7. The van der Waals surface area contributed by atoms with Crippen molar-refractivity contribution in [1.29, 1.82) is 0 Å². The maximum absolute atomic E-state index is 10.9. The second-order valence-electron chi connectivity index (χ2n) is 4.85. The lowest BCUT2D eigenvalue weighted by atomic mass is 9.93. The summed E-state index contributed by atoms with van der Waals surface area (Å²) in [4.78, 5) is 10.9. The summed E-state index contributed by atoms with van der Waals surface area (Å²) in [5, 5.41) is 0. The van der Waals surface area contributed by atoms with E-state index in [4.69, 9.17) is 20.9 Å². The lowest BCUT2D eigenvalue weighted by molar-refractivity contribution is -0.118. The number of nitrogens with two attached hydrogens (primary N) is 2. The zero-order chi connectivity index (χ0) is 15.3. The van der Waals surface area contributed by atoms with Gasteiger partial charge < -0.3 is 20.9 Å². The predicted molar refractivity (Wildman–Crippen MR) is 81.8 cm³/mol. The molecule has 6 heteroatoms. The van der Waals surface area contributed by atoms with Crippen molar-refractivity contribution < 1.29 is 14.3 Å². The molecule has 0 bridgehead atoms. The molecule has 0 saturated heterocycles. The summed E-state index contributed by atoms with van der Waals surface area (Å²) in [6.07, 6.45) is 0.966. The summed E-state index contributed by atoms with van der Waals surface area (Å²) < 4.78 is 11.4. The van der Waals surface area contributed by atoms with Crippen molar-refractivity contribution in [3.05, 3.63) is 22.2 Å². The maximum Gasteiger partial charge on any atom is 0.217 e. The van der Waals surface area contributed by atoms with E-state index in [1.165, 1.54) is 0 Å². The lowest BCUT2D eigenvalue weighted by Crippen LogP contribution is -2.20. The molecule has 1 rings (SSSR count). The third-order valence-corrected chi connectivity index (χ3v) is 3.73. The van der Waals surface area contributed by atoms with Gasteiger partial charge in [-0.15, -0.1) is 0 Å². The van der Waals surface area contributed by atoms with E-state index in [0.717, 1.165) is 10.0 Å². The smallest absolute Gasteiger partial charge is 0.217 e. The molecule has 0 aliphatic carbocycles. The van der Waals surface area contributed by atoms with E-state index in [2.05, 4.69) is 15.9 Å². The Kier molecular flexibility index (Phi) is 6.29. The van der Waals surface area contributed by atoms with Crippen LogP contribution in [0.1, 0.15) is 31.4 Å². The molecule has 0 radical (unpaired) electrons. The third kappa shape index (κ3) is 4.38. The van der Waals surface area contributed by atoms with Crippen LogP contribution in [0.15, 0.2) is 16.6 Å². The van der Waals surface area contributed by atoms with E-state index in [1.54, 1.807) is 14.2 Å². The number of hydrogen-bond acceptors (Lipinski definition) is 4. The number of ether oxygens (including phenoxy) is 2. The Hall–Kier alpha value is -1.27. The molecule has 0 fully saturated rings. The molecule has 2 unspecified atom stereocenters. The fraction of sp³-hybridized carbons (Fsp3) is 0.500. The summed E-state index contributed by atoms with van der Waals surface area (Å²) in [6.45, 7) is 1.95. The number of carbonyl (C=O) groups excluding carboxylic acids is 1. The Morgan fingerprint density at radius 3 is 2.40 bits per heavy atom. The average molecular weight is 345 g/mol. The van der Waals surface area contributed by atoms with E-state index in [9.17, 15) is 4.79 Å². The minimum absolute atomic E-state index is 0.113. The summed E-state index contributed by atoms with van der Waals surface area (Å²) in [5.41, 5.74) is 12.3. The minimum Gasteiger partial charge on any atom is -0.496 e. The molecule has 0 saturated carbocycles. The van der Waals surface area contributed by atoms with Gasteiger partial charge in [0.1, 0.15) is 11.5 Å². The zero-order valence-corrected chi connectivity index (χ0v) is 13.6. The van der Waals surface area contributed by atoms with Gasteiger partial charge in [0.2, 0.25) is 5.91 Å². The second kappa shape index (κ2) is 7.50. The van der Waals surface area contributed by atoms with Crippen LogP contribution in [0.5, 0.6) is 11.5 Å². The molecule has 1 aromatic rings. The summed E-state index contributed by atoms with van der Waals surface area (Å²) in [6, 6.07) is 3.43. The quantitative estimate of drug-likeness (QED) is 0.794. The Morgan fingerprint density at radius 2 is 1.90 bits per heavy atom. The van der Waals surface area contributed by atoms with E-state index < -0.39 is 0 Å². The van der Waals surface area contributed by atoms with E-state index in [1.807, 2.05) is 19.1 Å². The average Bonchev–Trinajstić information content (AvgIpc) is 2.36. The second-order valence-corrected chi connectivity index (χ2v) is 5.70. The zero-order valence-electron chi connectivity index (χ0n) is 12.0. The number of amides is 1. The Labute approximate surface area is 127 Å². The summed E-state index contributed by atoms with van der Waals surface area (Å²) in [7, 11) is 3.19. The number of halogens is 1. The Bertz CT molecular complexity index is 480.